The van der Waals surface area contributed by atoms with E-state index in [-0.39, 0.29) is 5.16 Å². The van der Waals surface area contributed by atoms with Crippen molar-refractivity contribution in [3.63, 3.8) is 0 Å². The molecule has 1 aliphatic heterocycles. The smallest absolute Gasteiger partial charge is 0.256 e. The Kier molecular flexibility index (Phi) is 5.25. The van der Waals surface area contributed by atoms with Gasteiger partial charge in [0.25, 0.3) is 5.56 Å². The standard InChI is InChI=1S/C18H23N3O5S/c1-11-15(25-2)6-5-12(16(11)26-3)9-21-8-7-14-13(10-21)17(22)20-18(19-14)27(4,23)24/h5-6H,7-10H2,1-4H3,(H,19,20,22). The second-order valence-electron chi connectivity index (χ2n) is 6.61. The summed E-state index contributed by atoms with van der Waals surface area (Å²) in [6.45, 7) is 3.60. The molecule has 1 aliphatic rings. The van der Waals surface area contributed by atoms with Crippen LogP contribution in [0.2, 0.25) is 0 Å². The van der Waals surface area contributed by atoms with Crippen molar-refractivity contribution in [2.24, 2.45) is 0 Å². The summed E-state index contributed by atoms with van der Waals surface area (Å²) in [5, 5.41) is -0.271. The van der Waals surface area contributed by atoms with Crippen LogP contribution in [0.25, 0.3) is 0 Å². The van der Waals surface area contributed by atoms with Gasteiger partial charge in [0.15, 0.2) is 0 Å². The van der Waals surface area contributed by atoms with Gasteiger partial charge in [-0.15, -0.1) is 0 Å². The predicted molar refractivity (Wildman–Crippen MR) is 100 cm³/mol. The average Bonchev–Trinajstić information content (AvgIpc) is 2.61. The van der Waals surface area contributed by atoms with Crippen molar-refractivity contribution in [2.75, 3.05) is 27.0 Å². The SMILES string of the molecule is COc1ccc(CN2CCc3nc(S(C)(=O)=O)[nH]c(=O)c3C2)c(OC)c1C. The van der Waals surface area contributed by atoms with E-state index in [9.17, 15) is 13.2 Å². The van der Waals surface area contributed by atoms with Crippen LogP contribution in [0.1, 0.15) is 22.4 Å². The minimum Gasteiger partial charge on any atom is -0.496 e. The van der Waals surface area contributed by atoms with Crippen molar-refractivity contribution < 1.29 is 17.9 Å². The zero-order chi connectivity index (χ0) is 19.8. The number of H-pyrrole nitrogens is 1. The molecule has 1 aromatic heterocycles. The fourth-order valence-corrected chi connectivity index (χ4v) is 3.92. The van der Waals surface area contributed by atoms with E-state index in [0.717, 1.165) is 28.9 Å². The number of nitrogens with one attached hydrogen (secondary N) is 1. The lowest BCUT2D eigenvalue weighted by Gasteiger charge is -2.28. The number of sulfone groups is 1. The fraction of sp³-hybridized carbons (Fsp3) is 0.444. The number of aromatic amines is 1. The van der Waals surface area contributed by atoms with Gasteiger partial charge in [0.1, 0.15) is 11.5 Å². The summed E-state index contributed by atoms with van der Waals surface area (Å²) in [5.41, 5.74) is 2.58. The topological polar surface area (TPSA) is 102 Å². The third-order valence-electron chi connectivity index (χ3n) is 4.73. The number of ether oxygens (including phenoxy) is 2. The molecule has 0 atom stereocenters. The minimum atomic E-state index is -3.55. The van der Waals surface area contributed by atoms with Gasteiger partial charge in [-0.1, -0.05) is 6.07 Å². The molecule has 0 aliphatic carbocycles. The van der Waals surface area contributed by atoms with Crippen molar-refractivity contribution in [3.8, 4) is 11.5 Å². The highest BCUT2D eigenvalue weighted by Gasteiger charge is 2.24. The first-order valence-electron chi connectivity index (χ1n) is 8.49. The largest absolute Gasteiger partial charge is 0.496 e. The molecule has 0 fully saturated rings. The van der Waals surface area contributed by atoms with Crippen LogP contribution in [0.5, 0.6) is 11.5 Å². The van der Waals surface area contributed by atoms with Crippen LogP contribution >= 0.6 is 0 Å². The van der Waals surface area contributed by atoms with Gasteiger partial charge >= 0.3 is 0 Å². The Morgan fingerprint density at radius 1 is 1.26 bits per heavy atom. The number of aromatic nitrogens is 2. The number of fused-ring (bicyclic) bond motifs is 1. The molecular weight excluding hydrogens is 370 g/mol. The Labute approximate surface area is 158 Å². The average molecular weight is 393 g/mol. The van der Waals surface area contributed by atoms with E-state index in [2.05, 4.69) is 14.9 Å². The highest BCUT2D eigenvalue weighted by atomic mass is 32.2. The van der Waals surface area contributed by atoms with E-state index in [4.69, 9.17) is 9.47 Å². The molecule has 8 nitrogen and oxygen atoms in total. The number of benzene rings is 1. The first-order chi connectivity index (χ1) is 12.7. The minimum absolute atomic E-state index is 0.271. The molecule has 0 radical (unpaired) electrons. The molecule has 3 rings (SSSR count). The zero-order valence-electron chi connectivity index (χ0n) is 15.8. The molecule has 0 amide bonds. The quantitative estimate of drug-likeness (QED) is 0.758. The third-order valence-corrected chi connectivity index (χ3v) is 5.63. The first-order valence-corrected chi connectivity index (χ1v) is 10.4. The normalized spacial score (nSPS) is 14.7. The van der Waals surface area contributed by atoms with Gasteiger partial charge < -0.3 is 9.47 Å². The van der Waals surface area contributed by atoms with Gasteiger partial charge in [0.2, 0.25) is 15.0 Å². The van der Waals surface area contributed by atoms with Crippen LogP contribution in [0.4, 0.5) is 0 Å². The number of methoxy groups -OCH3 is 2. The Balaban J connectivity index is 1.88. The number of rotatable bonds is 5. The first kappa shape index (κ1) is 19.4. The van der Waals surface area contributed by atoms with Crippen molar-refractivity contribution >= 4 is 9.84 Å². The Morgan fingerprint density at radius 3 is 2.63 bits per heavy atom. The van der Waals surface area contributed by atoms with Crippen LogP contribution in [0, 0.1) is 6.92 Å². The lowest BCUT2D eigenvalue weighted by atomic mass is 10.0. The molecule has 146 valence electrons. The molecule has 0 unspecified atom stereocenters. The Bertz CT molecular complexity index is 1030. The van der Waals surface area contributed by atoms with Gasteiger partial charge in [-0.2, -0.15) is 0 Å². The summed E-state index contributed by atoms with van der Waals surface area (Å²) in [5.74, 6) is 1.52. The van der Waals surface area contributed by atoms with Crippen LogP contribution in [0.3, 0.4) is 0 Å². The monoisotopic (exact) mass is 393 g/mol. The molecule has 0 saturated heterocycles. The van der Waals surface area contributed by atoms with Crippen LogP contribution in [0.15, 0.2) is 22.1 Å². The summed E-state index contributed by atoms with van der Waals surface area (Å²) in [6.07, 6.45) is 1.55. The Hall–Kier alpha value is -2.39. The second-order valence-corrected chi connectivity index (χ2v) is 8.55. The summed E-state index contributed by atoms with van der Waals surface area (Å²) in [6, 6.07) is 3.85. The van der Waals surface area contributed by atoms with E-state index in [1.165, 1.54) is 0 Å². The molecule has 0 bridgehead atoms. The lowest BCUT2D eigenvalue weighted by molar-refractivity contribution is 0.237. The summed E-state index contributed by atoms with van der Waals surface area (Å²) in [7, 11) is -0.309. The molecule has 2 heterocycles. The van der Waals surface area contributed by atoms with E-state index >= 15 is 0 Å². The van der Waals surface area contributed by atoms with Crippen LogP contribution in [-0.2, 0) is 29.3 Å². The highest BCUT2D eigenvalue weighted by molar-refractivity contribution is 7.90. The number of hydrogen-bond acceptors (Lipinski definition) is 7. The van der Waals surface area contributed by atoms with Crippen LogP contribution < -0.4 is 15.0 Å². The van der Waals surface area contributed by atoms with E-state index in [1.807, 2.05) is 19.1 Å². The maximum Gasteiger partial charge on any atom is 0.256 e. The maximum atomic E-state index is 12.4. The van der Waals surface area contributed by atoms with Crippen LogP contribution in [-0.4, -0.2) is 50.3 Å². The number of hydrogen-bond donors (Lipinski definition) is 1. The van der Waals surface area contributed by atoms with Gasteiger partial charge in [0.05, 0.1) is 25.5 Å². The molecule has 1 N–H and O–H groups in total. The third kappa shape index (κ3) is 3.84. The number of nitrogens with zero attached hydrogens (tertiary/aromatic N) is 2. The maximum absolute atomic E-state index is 12.4. The molecule has 1 aromatic carbocycles. The lowest BCUT2D eigenvalue weighted by Crippen LogP contribution is -2.36. The highest BCUT2D eigenvalue weighted by Crippen LogP contribution is 2.32. The summed E-state index contributed by atoms with van der Waals surface area (Å²) < 4.78 is 34.2. The molecular formula is C18H23N3O5S. The summed E-state index contributed by atoms with van der Waals surface area (Å²) >= 11 is 0. The van der Waals surface area contributed by atoms with Crippen molar-refractivity contribution in [1.29, 1.82) is 0 Å². The molecule has 27 heavy (non-hydrogen) atoms. The van der Waals surface area contributed by atoms with E-state index in [0.29, 0.717) is 37.3 Å². The van der Waals surface area contributed by atoms with Crippen molar-refractivity contribution in [3.05, 3.63) is 44.9 Å². The second kappa shape index (κ2) is 7.32. The molecule has 2 aromatic rings. The zero-order valence-corrected chi connectivity index (χ0v) is 16.6. The summed E-state index contributed by atoms with van der Waals surface area (Å²) in [4.78, 5) is 21.0. The fourth-order valence-electron chi connectivity index (χ4n) is 3.37. The van der Waals surface area contributed by atoms with Crippen molar-refractivity contribution in [2.45, 2.75) is 31.6 Å². The van der Waals surface area contributed by atoms with Gasteiger partial charge in [-0.25, -0.2) is 13.4 Å². The molecule has 0 saturated carbocycles. The van der Waals surface area contributed by atoms with Gasteiger partial charge in [-0.3, -0.25) is 14.7 Å². The van der Waals surface area contributed by atoms with E-state index < -0.39 is 15.4 Å². The van der Waals surface area contributed by atoms with Gasteiger partial charge in [0, 0.05) is 43.4 Å². The van der Waals surface area contributed by atoms with Crippen molar-refractivity contribution in [1.82, 2.24) is 14.9 Å². The molecule has 9 heteroatoms. The van der Waals surface area contributed by atoms with Gasteiger partial charge in [-0.05, 0) is 13.0 Å². The Morgan fingerprint density at radius 2 is 2.00 bits per heavy atom. The van der Waals surface area contributed by atoms with E-state index in [1.54, 1.807) is 14.2 Å². The molecule has 0 spiro atoms. The predicted octanol–water partition coefficient (Wildman–Crippen LogP) is 1.06.